The molecule has 162 valence electrons. The van der Waals surface area contributed by atoms with Crippen LogP contribution in [-0.2, 0) is 17.8 Å². The molecule has 3 rings (SSSR count). The topological polar surface area (TPSA) is 58.1 Å². The van der Waals surface area contributed by atoms with E-state index in [4.69, 9.17) is 9.47 Å². The summed E-state index contributed by atoms with van der Waals surface area (Å²) in [5.41, 5.74) is 4.85. The molecular weight excluding hydrogens is 376 g/mol. The molecule has 0 saturated carbocycles. The van der Waals surface area contributed by atoms with Crippen molar-refractivity contribution < 1.29 is 9.47 Å². The lowest BCUT2D eigenvalue weighted by atomic mass is 10.1. The highest BCUT2D eigenvalue weighted by atomic mass is 16.5. The second kappa shape index (κ2) is 11.5. The molecule has 1 aliphatic heterocycles. The predicted octanol–water partition coefficient (Wildman–Crippen LogP) is 3.49. The van der Waals surface area contributed by atoms with Crippen LogP contribution in [0.15, 0.2) is 47.5 Å². The average molecular weight is 411 g/mol. The minimum atomic E-state index is 0.657. The van der Waals surface area contributed by atoms with Crippen molar-refractivity contribution in [3.05, 3.63) is 59.2 Å². The Balaban J connectivity index is 1.60. The van der Waals surface area contributed by atoms with E-state index in [-0.39, 0.29) is 0 Å². The summed E-state index contributed by atoms with van der Waals surface area (Å²) in [6.45, 7) is 9.71. The Labute approximate surface area is 180 Å². The number of ether oxygens (including phenoxy) is 2. The number of guanidine groups is 1. The molecule has 0 bridgehead atoms. The lowest BCUT2D eigenvalue weighted by Crippen LogP contribution is -2.39. The van der Waals surface area contributed by atoms with Gasteiger partial charge in [-0.15, -0.1) is 0 Å². The van der Waals surface area contributed by atoms with E-state index < -0.39 is 0 Å². The van der Waals surface area contributed by atoms with Gasteiger partial charge in [0.05, 0.1) is 19.8 Å². The van der Waals surface area contributed by atoms with Gasteiger partial charge in [-0.05, 0) is 36.6 Å². The van der Waals surface area contributed by atoms with Gasteiger partial charge in [0, 0.05) is 44.5 Å². The molecule has 2 N–H and O–H groups in total. The number of nitrogens with zero attached hydrogens (tertiary/aromatic N) is 2. The Bertz CT molecular complexity index is 832. The van der Waals surface area contributed by atoms with Crippen LogP contribution in [0.1, 0.15) is 30.0 Å². The number of aliphatic imine (C=N–C) groups is 1. The van der Waals surface area contributed by atoms with Gasteiger partial charge in [-0.3, -0.25) is 4.99 Å². The number of benzene rings is 2. The zero-order valence-electron chi connectivity index (χ0n) is 18.4. The smallest absolute Gasteiger partial charge is 0.191 e. The van der Waals surface area contributed by atoms with E-state index in [9.17, 15) is 0 Å². The molecule has 0 unspecified atom stereocenters. The van der Waals surface area contributed by atoms with E-state index in [0.29, 0.717) is 13.1 Å². The quantitative estimate of drug-likeness (QED) is 0.515. The Morgan fingerprint density at radius 1 is 1.07 bits per heavy atom. The zero-order valence-corrected chi connectivity index (χ0v) is 18.4. The van der Waals surface area contributed by atoms with E-state index >= 15 is 0 Å². The molecule has 0 atom stereocenters. The number of hydrogen-bond acceptors (Lipinski definition) is 4. The largest absolute Gasteiger partial charge is 0.493 e. The summed E-state index contributed by atoms with van der Waals surface area (Å²) in [4.78, 5) is 6.78. The molecule has 1 saturated heterocycles. The van der Waals surface area contributed by atoms with Gasteiger partial charge in [0.25, 0.3) is 0 Å². The molecule has 2 aromatic rings. The fourth-order valence-electron chi connectivity index (χ4n) is 3.51. The molecule has 2 aromatic carbocycles. The number of nitrogens with one attached hydrogen (secondary N) is 2. The van der Waals surface area contributed by atoms with Gasteiger partial charge in [0.2, 0.25) is 0 Å². The standard InChI is InChI=1S/C24H34N4O2/c1-4-13-30-23-16-19(2)9-10-21(23)18-27-24(25-3)26-17-20-7-5-6-8-22(20)28-11-14-29-15-12-28/h5-10,16H,4,11-15,17-18H2,1-3H3,(H2,25,26,27). The second-order valence-electron chi connectivity index (χ2n) is 7.47. The fourth-order valence-corrected chi connectivity index (χ4v) is 3.51. The summed E-state index contributed by atoms with van der Waals surface area (Å²) < 4.78 is 11.4. The van der Waals surface area contributed by atoms with E-state index in [1.807, 2.05) is 0 Å². The third-order valence-corrected chi connectivity index (χ3v) is 5.14. The van der Waals surface area contributed by atoms with E-state index in [0.717, 1.165) is 56.6 Å². The molecule has 0 spiro atoms. The minimum Gasteiger partial charge on any atom is -0.493 e. The Morgan fingerprint density at radius 2 is 1.80 bits per heavy atom. The molecule has 1 heterocycles. The number of rotatable bonds is 8. The highest BCUT2D eigenvalue weighted by Crippen LogP contribution is 2.22. The van der Waals surface area contributed by atoms with Crippen LogP contribution in [0, 0.1) is 6.92 Å². The van der Waals surface area contributed by atoms with Crippen LogP contribution in [0.2, 0.25) is 0 Å². The predicted molar refractivity (Wildman–Crippen MR) is 123 cm³/mol. The number of hydrogen-bond donors (Lipinski definition) is 2. The number of morpholine rings is 1. The summed E-state index contributed by atoms with van der Waals surface area (Å²) in [7, 11) is 1.80. The maximum atomic E-state index is 5.93. The van der Waals surface area contributed by atoms with Crippen LogP contribution >= 0.6 is 0 Å². The maximum absolute atomic E-state index is 5.93. The zero-order chi connectivity index (χ0) is 21.2. The van der Waals surface area contributed by atoms with Crippen LogP contribution < -0.4 is 20.3 Å². The van der Waals surface area contributed by atoms with Gasteiger partial charge in [-0.1, -0.05) is 37.3 Å². The Morgan fingerprint density at radius 3 is 2.53 bits per heavy atom. The molecule has 6 nitrogen and oxygen atoms in total. The van der Waals surface area contributed by atoms with Crippen molar-refractivity contribution in [2.75, 3.05) is 44.9 Å². The summed E-state index contributed by atoms with van der Waals surface area (Å²) >= 11 is 0. The van der Waals surface area contributed by atoms with E-state index in [2.05, 4.69) is 76.8 Å². The Kier molecular flexibility index (Phi) is 8.39. The van der Waals surface area contributed by atoms with Gasteiger partial charge < -0.3 is 25.0 Å². The first-order valence-corrected chi connectivity index (χ1v) is 10.8. The van der Waals surface area contributed by atoms with Crippen LogP contribution in [0.3, 0.4) is 0 Å². The first kappa shape index (κ1) is 22.0. The van der Waals surface area contributed by atoms with Crippen molar-refractivity contribution in [2.24, 2.45) is 4.99 Å². The second-order valence-corrected chi connectivity index (χ2v) is 7.47. The minimum absolute atomic E-state index is 0.657. The molecule has 30 heavy (non-hydrogen) atoms. The third-order valence-electron chi connectivity index (χ3n) is 5.14. The first-order valence-electron chi connectivity index (χ1n) is 10.8. The van der Waals surface area contributed by atoms with Crippen molar-refractivity contribution in [1.82, 2.24) is 10.6 Å². The summed E-state index contributed by atoms with van der Waals surface area (Å²) in [6, 6.07) is 14.9. The average Bonchev–Trinajstić information content (AvgIpc) is 2.79. The molecule has 1 fully saturated rings. The van der Waals surface area contributed by atoms with Crippen LogP contribution in [0.4, 0.5) is 5.69 Å². The van der Waals surface area contributed by atoms with Crippen molar-refractivity contribution in [2.45, 2.75) is 33.4 Å². The molecule has 0 aromatic heterocycles. The molecule has 1 aliphatic rings. The molecule has 6 heteroatoms. The van der Waals surface area contributed by atoms with Crippen LogP contribution in [0.5, 0.6) is 5.75 Å². The summed E-state index contributed by atoms with van der Waals surface area (Å²) in [5.74, 6) is 1.71. The van der Waals surface area contributed by atoms with Gasteiger partial charge in [-0.2, -0.15) is 0 Å². The van der Waals surface area contributed by atoms with E-state index in [1.54, 1.807) is 7.05 Å². The van der Waals surface area contributed by atoms with Crippen LogP contribution in [0.25, 0.3) is 0 Å². The van der Waals surface area contributed by atoms with Gasteiger partial charge in [-0.25, -0.2) is 0 Å². The van der Waals surface area contributed by atoms with Crippen LogP contribution in [-0.4, -0.2) is 45.9 Å². The number of aryl methyl sites for hydroxylation is 1. The fraction of sp³-hybridized carbons (Fsp3) is 0.458. The molecule has 0 aliphatic carbocycles. The van der Waals surface area contributed by atoms with Crippen molar-refractivity contribution >= 4 is 11.6 Å². The van der Waals surface area contributed by atoms with Gasteiger partial charge >= 0.3 is 0 Å². The number of para-hydroxylation sites is 1. The highest BCUT2D eigenvalue weighted by Gasteiger charge is 2.14. The monoisotopic (exact) mass is 410 g/mol. The van der Waals surface area contributed by atoms with Crippen molar-refractivity contribution in [1.29, 1.82) is 0 Å². The lowest BCUT2D eigenvalue weighted by molar-refractivity contribution is 0.122. The molecule has 0 amide bonds. The van der Waals surface area contributed by atoms with Gasteiger partial charge in [0.15, 0.2) is 5.96 Å². The maximum Gasteiger partial charge on any atom is 0.191 e. The van der Waals surface area contributed by atoms with E-state index in [1.165, 1.54) is 16.8 Å². The third kappa shape index (κ3) is 6.13. The normalized spacial score (nSPS) is 14.5. The molecule has 0 radical (unpaired) electrons. The summed E-state index contributed by atoms with van der Waals surface area (Å²) in [5, 5.41) is 6.87. The SMILES string of the molecule is CCCOc1cc(C)ccc1CNC(=NC)NCc1ccccc1N1CCOCC1. The van der Waals surface area contributed by atoms with Crippen molar-refractivity contribution in [3.63, 3.8) is 0 Å². The highest BCUT2D eigenvalue weighted by molar-refractivity contribution is 5.80. The number of anilines is 1. The molecular formula is C24H34N4O2. The van der Waals surface area contributed by atoms with Crippen molar-refractivity contribution in [3.8, 4) is 5.75 Å². The Hall–Kier alpha value is -2.73. The first-order chi connectivity index (χ1) is 14.7. The lowest BCUT2D eigenvalue weighted by Gasteiger charge is -2.30. The van der Waals surface area contributed by atoms with Gasteiger partial charge in [0.1, 0.15) is 5.75 Å². The summed E-state index contributed by atoms with van der Waals surface area (Å²) in [6.07, 6.45) is 0.993.